The lowest BCUT2D eigenvalue weighted by Crippen LogP contribution is -2.37. The van der Waals surface area contributed by atoms with E-state index in [2.05, 4.69) is 18.7 Å². The average Bonchev–Trinajstić information content (AvgIpc) is 2.86. The van der Waals surface area contributed by atoms with Crippen LogP contribution in [-0.2, 0) is 28.0 Å². The van der Waals surface area contributed by atoms with Crippen LogP contribution in [0.2, 0.25) is 0 Å². The summed E-state index contributed by atoms with van der Waals surface area (Å²) in [4.78, 5) is 13.1. The third-order valence-corrected chi connectivity index (χ3v) is 7.44. The van der Waals surface area contributed by atoms with Crippen molar-refractivity contribution in [2.45, 2.75) is 43.3 Å². The highest BCUT2D eigenvalue weighted by molar-refractivity contribution is 7.90. The number of sulfone groups is 1. The molecule has 3 rings (SSSR count). The molecule has 0 aromatic heterocycles. The van der Waals surface area contributed by atoms with E-state index in [0.29, 0.717) is 31.6 Å². The number of halogens is 3. The third kappa shape index (κ3) is 8.56. The molecule has 3 aromatic rings. The van der Waals surface area contributed by atoms with Crippen LogP contribution in [0.5, 0.6) is 5.75 Å². The fourth-order valence-corrected chi connectivity index (χ4v) is 5.30. The SMILES string of the molecule is CC(C)(CN(CCCOc1ccc(C(=O)O)c(S(C)(=O)=O)c1)Cc1cccc(C(F)(F)F)c1)c1ccccc1. The second-order valence-corrected chi connectivity index (χ2v) is 12.1. The Kier molecular flexibility index (Phi) is 9.45. The zero-order valence-corrected chi connectivity index (χ0v) is 22.8. The molecule has 0 aliphatic carbocycles. The molecule has 0 amide bonds. The summed E-state index contributed by atoms with van der Waals surface area (Å²) >= 11 is 0. The number of rotatable bonds is 12. The van der Waals surface area contributed by atoms with Crippen molar-refractivity contribution in [2.75, 3.05) is 26.0 Å². The summed E-state index contributed by atoms with van der Waals surface area (Å²) in [5.74, 6) is -1.14. The molecule has 0 fully saturated rings. The zero-order chi connectivity index (χ0) is 28.8. The van der Waals surface area contributed by atoms with Gasteiger partial charge in [0.25, 0.3) is 0 Å². The van der Waals surface area contributed by atoms with Crippen molar-refractivity contribution in [3.8, 4) is 5.75 Å². The highest BCUT2D eigenvalue weighted by atomic mass is 32.2. The predicted octanol–water partition coefficient (Wildman–Crippen LogP) is 6.06. The number of alkyl halides is 3. The fraction of sp³-hybridized carbons (Fsp3) is 0.345. The van der Waals surface area contributed by atoms with E-state index in [9.17, 15) is 31.5 Å². The van der Waals surface area contributed by atoms with Gasteiger partial charge >= 0.3 is 12.1 Å². The average molecular weight is 564 g/mol. The number of carbonyl (C=O) groups is 1. The largest absolute Gasteiger partial charge is 0.494 e. The van der Waals surface area contributed by atoms with Gasteiger partial charge in [0.1, 0.15) is 5.75 Å². The van der Waals surface area contributed by atoms with Gasteiger partial charge in [0.2, 0.25) is 0 Å². The van der Waals surface area contributed by atoms with E-state index >= 15 is 0 Å². The van der Waals surface area contributed by atoms with Gasteiger partial charge in [-0.15, -0.1) is 0 Å². The minimum atomic E-state index is -4.43. The van der Waals surface area contributed by atoms with Crippen LogP contribution in [0.4, 0.5) is 13.2 Å². The molecular weight excluding hydrogens is 531 g/mol. The summed E-state index contributed by atoms with van der Waals surface area (Å²) in [6.07, 6.45) is -3.00. The first-order valence-corrected chi connectivity index (χ1v) is 14.2. The number of hydrogen-bond donors (Lipinski definition) is 1. The van der Waals surface area contributed by atoms with E-state index in [4.69, 9.17) is 4.74 Å². The maximum absolute atomic E-state index is 13.3. The van der Waals surface area contributed by atoms with Gasteiger partial charge in [-0.05, 0) is 41.8 Å². The Morgan fingerprint density at radius 3 is 2.23 bits per heavy atom. The number of nitrogens with zero attached hydrogens (tertiary/aromatic N) is 1. The van der Waals surface area contributed by atoms with Gasteiger partial charge in [-0.2, -0.15) is 13.2 Å². The van der Waals surface area contributed by atoms with E-state index < -0.39 is 27.5 Å². The van der Waals surface area contributed by atoms with Crippen LogP contribution in [0, 0.1) is 0 Å². The standard InChI is InChI=1S/C29H32F3NO5S/c1-28(2,22-10-5-4-6-11-22)20-33(19-21-9-7-12-23(17-21)29(30,31)32)15-8-16-38-24-13-14-25(27(34)35)26(18-24)39(3,36)37/h4-7,9-14,17-18H,8,15-16,19-20H2,1-3H3,(H,34,35). The normalized spacial score (nSPS) is 12.5. The monoisotopic (exact) mass is 563 g/mol. The molecule has 0 saturated carbocycles. The molecule has 39 heavy (non-hydrogen) atoms. The van der Waals surface area contributed by atoms with Gasteiger partial charge in [0.05, 0.1) is 22.6 Å². The van der Waals surface area contributed by atoms with E-state index in [-0.39, 0.29) is 28.2 Å². The quantitative estimate of drug-likeness (QED) is 0.270. The Labute approximate surface area is 227 Å². The summed E-state index contributed by atoms with van der Waals surface area (Å²) < 4.78 is 69.6. The molecule has 0 aliphatic heterocycles. The maximum atomic E-state index is 13.3. The lowest BCUT2D eigenvalue weighted by atomic mass is 9.84. The van der Waals surface area contributed by atoms with Gasteiger partial charge in [-0.3, -0.25) is 4.90 Å². The molecule has 0 bridgehead atoms. The van der Waals surface area contributed by atoms with E-state index in [1.807, 2.05) is 30.3 Å². The first kappa shape index (κ1) is 30.2. The van der Waals surface area contributed by atoms with Crippen molar-refractivity contribution in [1.29, 1.82) is 0 Å². The van der Waals surface area contributed by atoms with E-state index in [1.165, 1.54) is 24.3 Å². The Bertz CT molecular complexity index is 1390. The van der Waals surface area contributed by atoms with E-state index in [1.54, 1.807) is 6.07 Å². The van der Waals surface area contributed by atoms with Crippen LogP contribution in [0.15, 0.2) is 77.7 Å². The second kappa shape index (κ2) is 12.2. The molecule has 210 valence electrons. The lowest BCUT2D eigenvalue weighted by Gasteiger charge is -2.33. The second-order valence-electron chi connectivity index (χ2n) is 10.1. The Morgan fingerprint density at radius 1 is 0.949 bits per heavy atom. The van der Waals surface area contributed by atoms with Crippen LogP contribution in [0.3, 0.4) is 0 Å². The van der Waals surface area contributed by atoms with Crippen molar-refractivity contribution in [2.24, 2.45) is 0 Å². The fourth-order valence-electron chi connectivity index (χ4n) is 4.41. The molecule has 0 radical (unpaired) electrons. The van der Waals surface area contributed by atoms with Crippen LogP contribution >= 0.6 is 0 Å². The van der Waals surface area contributed by atoms with Gasteiger partial charge in [-0.25, -0.2) is 13.2 Å². The molecule has 0 saturated heterocycles. The first-order chi connectivity index (χ1) is 18.2. The predicted molar refractivity (Wildman–Crippen MR) is 143 cm³/mol. The minimum Gasteiger partial charge on any atom is -0.494 e. The molecule has 0 heterocycles. The number of aromatic carboxylic acids is 1. The number of ether oxygens (including phenoxy) is 1. The first-order valence-electron chi connectivity index (χ1n) is 12.3. The summed E-state index contributed by atoms with van der Waals surface area (Å²) in [6.45, 7) is 5.72. The molecular formula is C29H32F3NO5S. The number of carboxylic acids is 1. The highest BCUT2D eigenvalue weighted by Crippen LogP contribution is 2.31. The number of hydrogen-bond acceptors (Lipinski definition) is 5. The maximum Gasteiger partial charge on any atom is 0.416 e. The molecule has 1 N–H and O–H groups in total. The molecule has 6 nitrogen and oxygen atoms in total. The summed E-state index contributed by atoms with van der Waals surface area (Å²) in [6, 6.07) is 18.9. The van der Waals surface area contributed by atoms with Crippen molar-refractivity contribution < 1.29 is 36.2 Å². The van der Waals surface area contributed by atoms with Crippen molar-refractivity contribution in [3.63, 3.8) is 0 Å². The minimum absolute atomic E-state index is 0.195. The van der Waals surface area contributed by atoms with Crippen molar-refractivity contribution in [1.82, 2.24) is 4.90 Å². The van der Waals surface area contributed by atoms with Gasteiger partial charge in [0, 0.05) is 31.3 Å². The van der Waals surface area contributed by atoms with Crippen molar-refractivity contribution in [3.05, 3.63) is 95.1 Å². The van der Waals surface area contributed by atoms with E-state index in [0.717, 1.165) is 24.0 Å². The highest BCUT2D eigenvalue weighted by Gasteiger charge is 2.31. The summed E-state index contributed by atoms with van der Waals surface area (Å²) in [5.41, 5.74) is 0.317. The summed E-state index contributed by atoms with van der Waals surface area (Å²) in [5, 5.41) is 9.28. The zero-order valence-electron chi connectivity index (χ0n) is 22.0. The van der Waals surface area contributed by atoms with Crippen LogP contribution in [0.1, 0.15) is 47.3 Å². The molecule has 10 heteroatoms. The van der Waals surface area contributed by atoms with Gasteiger partial charge in [-0.1, -0.05) is 62.4 Å². The third-order valence-electron chi connectivity index (χ3n) is 6.31. The lowest BCUT2D eigenvalue weighted by molar-refractivity contribution is -0.137. The number of carboxylic acid groups (broad SMARTS) is 1. The molecule has 0 atom stereocenters. The molecule has 0 unspecified atom stereocenters. The Hall–Kier alpha value is -3.37. The summed E-state index contributed by atoms with van der Waals surface area (Å²) in [7, 11) is -3.79. The molecule has 0 spiro atoms. The van der Waals surface area contributed by atoms with Gasteiger partial charge < -0.3 is 9.84 Å². The Balaban J connectivity index is 1.74. The Morgan fingerprint density at radius 2 is 1.62 bits per heavy atom. The van der Waals surface area contributed by atoms with Crippen molar-refractivity contribution >= 4 is 15.8 Å². The van der Waals surface area contributed by atoms with Gasteiger partial charge in [0.15, 0.2) is 9.84 Å². The van der Waals surface area contributed by atoms with Crippen LogP contribution < -0.4 is 4.74 Å². The van der Waals surface area contributed by atoms with Crippen LogP contribution in [-0.4, -0.2) is 50.3 Å². The molecule has 0 aliphatic rings. The molecule has 3 aromatic carbocycles. The smallest absolute Gasteiger partial charge is 0.416 e. The van der Waals surface area contributed by atoms with Crippen LogP contribution in [0.25, 0.3) is 0 Å². The topological polar surface area (TPSA) is 83.9 Å². The number of benzene rings is 3.